The van der Waals surface area contributed by atoms with Gasteiger partial charge in [-0.1, -0.05) is 81.9 Å². The average Bonchev–Trinajstić information content (AvgIpc) is 3.16. The van der Waals surface area contributed by atoms with Crippen molar-refractivity contribution >= 4 is 41.7 Å². The first-order chi connectivity index (χ1) is 17.6. The van der Waals surface area contributed by atoms with E-state index < -0.39 is 11.6 Å². The fraction of sp³-hybridized carbons (Fsp3) is 0.400. The van der Waals surface area contributed by atoms with Gasteiger partial charge in [0.15, 0.2) is 11.6 Å². The highest BCUT2D eigenvalue weighted by Gasteiger charge is 2.18. The van der Waals surface area contributed by atoms with Gasteiger partial charge in [0.2, 0.25) is 0 Å². The molecule has 0 bridgehead atoms. The molecule has 37 heavy (non-hydrogen) atoms. The maximum Gasteiger partial charge on any atom is 0.159 e. The summed E-state index contributed by atoms with van der Waals surface area (Å²) in [5.41, 5.74) is 2.54. The van der Waals surface area contributed by atoms with Crippen LogP contribution >= 0.6 is 23.2 Å². The first-order valence-electron chi connectivity index (χ1n) is 12.8. The summed E-state index contributed by atoms with van der Waals surface area (Å²) in [5, 5.41) is 2.79. The third-order valence-corrected chi connectivity index (χ3v) is 6.74. The fourth-order valence-corrected chi connectivity index (χ4v) is 4.40. The van der Waals surface area contributed by atoms with Crippen molar-refractivity contribution in [2.45, 2.75) is 73.3 Å². The predicted octanol–water partition coefficient (Wildman–Crippen LogP) is 8.23. The molecule has 0 N–H and O–H groups in total. The largest absolute Gasteiger partial charge is 0.324 e. The van der Waals surface area contributed by atoms with Crippen molar-refractivity contribution in [1.29, 1.82) is 0 Å². The molecule has 0 amide bonds. The lowest BCUT2D eigenvalue weighted by atomic mass is 9.99. The second-order valence-corrected chi connectivity index (χ2v) is 10.0. The molecule has 0 unspecified atom stereocenters. The Morgan fingerprint density at radius 1 is 1.08 bits per heavy atom. The molecular weight excluding hydrogens is 511 g/mol. The Bertz CT molecular complexity index is 1290. The number of imidazole rings is 1. The third kappa shape index (κ3) is 8.79. The third-order valence-electron chi connectivity index (χ3n) is 6.11. The van der Waals surface area contributed by atoms with E-state index in [1.807, 2.05) is 39.0 Å². The second kappa shape index (κ2) is 15.0. The zero-order valence-corrected chi connectivity index (χ0v) is 23.9. The Kier molecular flexibility index (Phi) is 12.5. The van der Waals surface area contributed by atoms with E-state index in [9.17, 15) is 8.78 Å². The van der Waals surface area contributed by atoms with Crippen LogP contribution in [0.3, 0.4) is 0 Å². The van der Waals surface area contributed by atoms with Gasteiger partial charge in [-0.15, -0.1) is 0 Å². The summed E-state index contributed by atoms with van der Waals surface area (Å²) >= 11 is 13.0. The molecule has 0 aliphatic carbocycles. The quantitative estimate of drug-likeness (QED) is 0.248. The highest BCUT2D eigenvalue weighted by molar-refractivity contribution is 6.39. The highest BCUT2D eigenvalue weighted by Crippen LogP contribution is 2.33. The molecule has 0 radical (unpaired) electrons. The normalized spacial score (nSPS) is 12.2. The van der Waals surface area contributed by atoms with E-state index >= 15 is 0 Å². The summed E-state index contributed by atoms with van der Waals surface area (Å²) in [6.45, 7) is 15.4. The van der Waals surface area contributed by atoms with Crippen molar-refractivity contribution in [3.63, 3.8) is 0 Å². The Morgan fingerprint density at radius 2 is 1.76 bits per heavy atom. The summed E-state index contributed by atoms with van der Waals surface area (Å²) < 4.78 is 26.8. The molecule has 0 saturated heterocycles. The first-order valence-corrected chi connectivity index (χ1v) is 13.5. The highest BCUT2D eigenvalue weighted by atomic mass is 35.5. The molecule has 0 aliphatic rings. The molecule has 1 heterocycles. The van der Waals surface area contributed by atoms with E-state index in [0.29, 0.717) is 16.0 Å². The topological polar surface area (TPSA) is 30.2 Å². The summed E-state index contributed by atoms with van der Waals surface area (Å²) in [7, 11) is 0. The number of aryl methyl sites for hydroxylation is 1. The van der Waals surface area contributed by atoms with Gasteiger partial charge in [-0.05, 0) is 62.4 Å². The van der Waals surface area contributed by atoms with Crippen LogP contribution in [0.4, 0.5) is 8.78 Å². The molecule has 0 aliphatic heterocycles. The molecule has 1 atom stereocenters. The van der Waals surface area contributed by atoms with Gasteiger partial charge < -0.3 is 4.57 Å². The van der Waals surface area contributed by atoms with Crippen LogP contribution in [0.25, 0.3) is 24.2 Å². The summed E-state index contributed by atoms with van der Waals surface area (Å²) in [6.07, 6.45) is 7.22. The second-order valence-electron chi connectivity index (χ2n) is 9.20. The fourth-order valence-electron chi connectivity index (χ4n) is 3.83. The van der Waals surface area contributed by atoms with E-state index in [2.05, 4.69) is 30.0 Å². The SMILES string of the molecule is C=c1/c(=C\N=C(C)C)nc(-c2c(Cl)cccc2Cl)n1C[C@H](CC)CCCC.CCc1ccc(F)c(F)c1. The van der Waals surface area contributed by atoms with Crippen molar-refractivity contribution < 1.29 is 8.78 Å². The van der Waals surface area contributed by atoms with Crippen molar-refractivity contribution in [2.24, 2.45) is 10.9 Å². The molecule has 0 saturated carbocycles. The van der Waals surface area contributed by atoms with Crippen molar-refractivity contribution in [1.82, 2.24) is 9.55 Å². The Morgan fingerprint density at radius 3 is 2.30 bits per heavy atom. The van der Waals surface area contributed by atoms with Crippen molar-refractivity contribution in [3.05, 3.63) is 74.3 Å². The van der Waals surface area contributed by atoms with E-state index in [4.69, 9.17) is 28.2 Å². The maximum atomic E-state index is 12.4. The number of halogens is 4. The van der Waals surface area contributed by atoms with Gasteiger partial charge in [-0.25, -0.2) is 13.8 Å². The minimum absolute atomic E-state index is 0.559. The van der Waals surface area contributed by atoms with Gasteiger partial charge >= 0.3 is 0 Å². The van der Waals surface area contributed by atoms with Crippen LogP contribution in [0.1, 0.15) is 65.9 Å². The number of nitrogens with zero attached hydrogens (tertiary/aromatic N) is 3. The minimum Gasteiger partial charge on any atom is -0.324 e. The molecule has 200 valence electrons. The molecule has 7 heteroatoms. The van der Waals surface area contributed by atoms with E-state index in [1.165, 1.54) is 25.3 Å². The molecular formula is C30H37Cl2F2N3. The minimum atomic E-state index is -0.780. The van der Waals surface area contributed by atoms with Gasteiger partial charge in [-0.3, -0.25) is 4.99 Å². The maximum absolute atomic E-state index is 12.4. The van der Waals surface area contributed by atoms with Gasteiger partial charge in [0.05, 0.1) is 27.2 Å². The van der Waals surface area contributed by atoms with Crippen LogP contribution in [0.5, 0.6) is 0 Å². The summed E-state index contributed by atoms with van der Waals surface area (Å²) in [5.74, 6) is -0.221. The molecule has 0 spiro atoms. The van der Waals surface area contributed by atoms with Gasteiger partial charge in [0.1, 0.15) is 11.2 Å². The van der Waals surface area contributed by atoms with Gasteiger partial charge in [0.25, 0.3) is 0 Å². The van der Waals surface area contributed by atoms with Gasteiger partial charge in [-0.2, -0.15) is 0 Å². The number of hydrogen-bond acceptors (Lipinski definition) is 2. The lowest BCUT2D eigenvalue weighted by Crippen LogP contribution is -2.30. The molecule has 0 fully saturated rings. The van der Waals surface area contributed by atoms with Crippen LogP contribution in [-0.2, 0) is 13.0 Å². The van der Waals surface area contributed by atoms with Crippen LogP contribution in [0.15, 0.2) is 41.4 Å². The van der Waals surface area contributed by atoms with Crippen molar-refractivity contribution in [2.75, 3.05) is 0 Å². The number of aliphatic imine (C=N–C) groups is 1. The van der Waals surface area contributed by atoms with E-state index in [-0.39, 0.29) is 0 Å². The van der Waals surface area contributed by atoms with Crippen molar-refractivity contribution in [3.8, 4) is 11.4 Å². The first kappa shape index (κ1) is 30.7. The number of benzene rings is 2. The Hall–Kier alpha value is -2.50. The Balaban J connectivity index is 0.000000402. The smallest absolute Gasteiger partial charge is 0.159 e. The number of aromatic nitrogens is 2. The lowest BCUT2D eigenvalue weighted by Gasteiger charge is -2.18. The molecule has 3 aromatic rings. The van der Waals surface area contributed by atoms with Crippen LogP contribution in [0, 0.1) is 17.6 Å². The van der Waals surface area contributed by atoms with Gasteiger partial charge in [0, 0.05) is 12.3 Å². The zero-order valence-electron chi connectivity index (χ0n) is 22.4. The monoisotopic (exact) mass is 547 g/mol. The molecule has 3 nitrogen and oxygen atoms in total. The zero-order chi connectivity index (χ0) is 27.5. The molecule has 2 aromatic carbocycles. The average molecular weight is 549 g/mol. The van der Waals surface area contributed by atoms with Crippen LogP contribution < -0.4 is 10.7 Å². The van der Waals surface area contributed by atoms with Crippen LogP contribution in [0.2, 0.25) is 10.0 Å². The predicted molar refractivity (Wildman–Crippen MR) is 155 cm³/mol. The number of hydrogen-bond donors (Lipinski definition) is 0. The van der Waals surface area contributed by atoms with E-state index in [0.717, 1.165) is 58.8 Å². The summed E-state index contributed by atoms with van der Waals surface area (Å²) in [6, 6.07) is 9.48. The molecule has 3 rings (SSSR count). The number of unbranched alkanes of at least 4 members (excludes halogenated alkanes) is 1. The van der Waals surface area contributed by atoms with Crippen LogP contribution in [-0.4, -0.2) is 15.3 Å². The standard InChI is InChI=1S/C22H29Cl2N3.C8H8F2/c1-6-8-10-17(7-2)14-27-16(5)20(13-25-15(3)4)26-22(27)21-18(23)11-9-12-19(21)24;1-2-6-3-4-7(9)8(10)5-6/h9,11-13,17H,5-8,10,14H2,1-4H3;3-5H,2H2,1H3/b20-13+;/t17-;/m1./s1. The molecule has 1 aromatic heterocycles. The summed E-state index contributed by atoms with van der Waals surface area (Å²) in [4.78, 5) is 9.22. The number of rotatable bonds is 9. The lowest BCUT2D eigenvalue weighted by molar-refractivity contribution is 0.389. The Labute approximate surface area is 229 Å². The van der Waals surface area contributed by atoms with E-state index in [1.54, 1.807) is 12.3 Å².